The van der Waals surface area contributed by atoms with Crippen molar-refractivity contribution in [3.63, 3.8) is 0 Å². The van der Waals surface area contributed by atoms with Crippen molar-refractivity contribution in [2.45, 2.75) is 456 Å². The maximum absolute atomic E-state index is 12.5. The van der Waals surface area contributed by atoms with Crippen molar-refractivity contribution in [3.8, 4) is 0 Å². The second-order valence-corrected chi connectivity index (χ2v) is 27.0. The Bertz CT molecular complexity index is 1330. The summed E-state index contributed by atoms with van der Waals surface area (Å²) >= 11 is 0. The van der Waals surface area contributed by atoms with E-state index in [4.69, 9.17) is 4.74 Å². The highest BCUT2D eigenvalue weighted by Crippen LogP contribution is 2.20. The molecule has 2 atom stereocenters. The van der Waals surface area contributed by atoms with Gasteiger partial charge in [-0.3, -0.25) is 9.59 Å². The number of ether oxygens (including phenoxy) is 1. The van der Waals surface area contributed by atoms with Gasteiger partial charge >= 0.3 is 5.97 Å². The number of aliphatic hydroxyl groups is 2. The minimum atomic E-state index is -0.846. The number of unbranched alkanes of at least 4 members (excludes halogenated alkanes) is 61. The Kier molecular flexibility index (Phi) is 73.3. The lowest BCUT2D eigenvalue weighted by molar-refractivity contribution is -0.143. The molecule has 0 radical (unpaired) electrons. The van der Waals surface area contributed by atoms with Gasteiger partial charge < -0.3 is 20.3 Å². The van der Waals surface area contributed by atoms with Crippen molar-refractivity contribution >= 4 is 11.9 Å². The molecule has 0 bridgehead atoms. The molecule has 0 saturated carbocycles. The van der Waals surface area contributed by atoms with Crippen LogP contribution < -0.4 is 5.32 Å². The van der Waals surface area contributed by atoms with Crippen LogP contribution in [0, 0.1) is 0 Å². The van der Waals surface area contributed by atoms with E-state index in [1.807, 2.05) is 6.08 Å². The van der Waals surface area contributed by atoms with Gasteiger partial charge in [0.25, 0.3) is 0 Å². The van der Waals surface area contributed by atoms with Crippen LogP contribution in [0.25, 0.3) is 0 Å². The van der Waals surface area contributed by atoms with Crippen LogP contribution in [0.15, 0.2) is 24.3 Å². The summed E-state index contributed by atoms with van der Waals surface area (Å²) in [5, 5.41) is 23.3. The molecule has 0 aliphatic heterocycles. The van der Waals surface area contributed by atoms with Gasteiger partial charge in [-0.2, -0.15) is 0 Å². The summed E-state index contributed by atoms with van der Waals surface area (Å²) in [5.74, 6) is -0.0427. The largest absolute Gasteiger partial charge is 0.466 e. The minimum absolute atomic E-state index is 0.0200. The molecule has 0 saturated heterocycles. The molecule has 504 valence electrons. The molecule has 0 fully saturated rings. The van der Waals surface area contributed by atoms with Crippen molar-refractivity contribution in [2.24, 2.45) is 0 Å². The normalized spacial score (nSPS) is 12.6. The molecule has 0 aliphatic carbocycles. The van der Waals surface area contributed by atoms with Gasteiger partial charge in [-0.05, 0) is 57.8 Å². The number of aliphatic hydroxyl groups excluding tert-OH is 2. The SMILES string of the molecule is CCCCCCCCCCCCCCCCCCCCCCCC/C=C/C(O)C(CO)NC(=O)CCCCCCCCCCCCCC/C=C\CCCCCCCCCCCCCCOC(=O)CCCCCCCCCCCCCCCCCC. The van der Waals surface area contributed by atoms with Crippen LogP contribution in [0.4, 0.5) is 0 Å². The van der Waals surface area contributed by atoms with E-state index in [2.05, 4.69) is 31.3 Å². The highest BCUT2D eigenvalue weighted by Gasteiger charge is 2.18. The van der Waals surface area contributed by atoms with Crippen molar-refractivity contribution in [1.29, 1.82) is 0 Å². The molecule has 0 heterocycles. The predicted molar refractivity (Wildman–Crippen MR) is 375 cm³/mol. The van der Waals surface area contributed by atoms with Crippen LogP contribution in [-0.2, 0) is 14.3 Å². The molecule has 85 heavy (non-hydrogen) atoms. The highest BCUT2D eigenvalue weighted by atomic mass is 16.5. The molecule has 0 aromatic carbocycles. The van der Waals surface area contributed by atoms with E-state index >= 15 is 0 Å². The van der Waals surface area contributed by atoms with Crippen molar-refractivity contribution < 1.29 is 24.5 Å². The number of esters is 1. The van der Waals surface area contributed by atoms with Gasteiger partial charge in [-0.15, -0.1) is 0 Å². The summed E-state index contributed by atoms with van der Waals surface area (Å²) in [5.41, 5.74) is 0. The van der Waals surface area contributed by atoms with E-state index in [1.165, 1.54) is 379 Å². The first-order valence-electron chi connectivity index (χ1n) is 39.1. The van der Waals surface area contributed by atoms with Crippen LogP contribution in [0.5, 0.6) is 0 Å². The second kappa shape index (κ2) is 74.8. The van der Waals surface area contributed by atoms with E-state index in [0.29, 0.717) is 19.4 Å². The van der Waals surface area contributed by atoms with Gasteiger partial charge in [-0.1, -0.05) is 398 Å². The quantitative estimate of drug-likeness (QED) is 0.0320. The molecule has 0 aromatic heterocycles. The first-order valence-corrected chi connectivity index (χ1v) is 39.1. The Morgan fingerprint density at radius 1 is 0.318 bits per heavy atom. The summed E-state index contributed by atoms with van der Waals surface area (Å²) in [6.45, 7) is 4.96. The monoisotopic (exact) mass is 1200 g/mol. The number of hydrogen-bond acceptors (Lipinski definition) is 5. The van der Waals surface area contributed by atoms with Gasteiger partial charge in [0, 0.05) is 12.8 Å². The lowest BCUT2D eigenvalue weighted by Crippen LogP contribution is -2.45. The molecule has 6 heteroatoms. The zero-order chi connectivity index (χ0) is 61.3. The molecule has 1 amide bonds. The Morgan fingerprint density at radius 2 is 0.553 bits per heavy atom. The van der Waals surface area contributed by atoms with Crippen LogP contribution in [0.3, 0.4) is 0 Å². The molecular formula is C79H153NO5. The lowest BCUT2D eigenvalue weighted by atomic mass is 10.0. The van der Waals surface area contributed by atoms with Gasteiger partial charge in [0.2, 0.25) is 5.91 Å². The van der Waals surface area contributed by atoms with Crippen molar-refractivity contribution in [3.05, 3.63) is 24.3 Å². The third-order valence-corrected chi connectivity index (χ3v) is 18.5. The first kappa shape index (κ1) is 83.3. The van der Waals surface area contributed by atoms with Crippen molar-refractivity contribution in [2.75, 3.05) is 13.2 Å². The zero-order valence-corrected chi connectivity index (χ0v) is 57.9. The Hall–Kier alpha value is -1.66. The summed E-state index contributed by atoms with van der Waals surface area (Å²) in [7, 11) is 0. The van der Waals surface area contributed by atoms with Gasteiger partial charge in [-0.25, -0.2) is 0 Å². The van der Waals surface area contributed by atoms with E-state index < -0.39 is 12.1 Å². The number of carbonyl (C=O) groups is 2. The number of rotatable bonds is 74. The molecule has 0 aliphatic rings. The lowest BCUT2D eigenvalue weighted by Gasteiger charge is -2.20. The number of amides is 1. The number of allylic oxidation sites excluding steroid dienone is 3. The average Bonchev–Trinajstić information content (AvgIpc) is 3.51. The number of hydrogen-bond donors (Lipinski definition) is 3. The highest BCUT2D eigenvalue weighted by molar-refractivity contribution is 5.76. The third-order valence-electron chi connectivity index (χ3n) is 18.5. The van der Waals surface area contributed by atoms with Crippen molar-refractivity contribution in [1.82, 2.24) is 5.32 Å². The summed E-state index contributed by atoms with van der Waals surface area (Å²) < 4.78 is 5.51. The second-order valence-electron chi connectivity index (χ2n) is 27.0. The summed E-state index contributed by atoms with van der Waals surface area (Å²) in [6, 6.07) is -0.629. The van der Waals surface area contributed by atoms with E-state index in [0.717, 1.165) is 38.5 Å². The predicted octanol–water partition coefficient (Wildman–Crippen LogP) is 25.7. The first-order chi connectivity index (χ1) is 42.0. The van der Waals surface area contributed by atoms with Gasteiger partial charge in [0.05, 0.1) is 25.4 Å². The summed E-state index contributed by atoms with van der Waals surface area (Å²) in [4.78, 5) is 24.6. The average molecular weight is 1200 g/mol. The maximum atomic E-state index is 12.5. The van der Waals surface area contributed by atoms with Crippen LogP contribution in [-0.4, -0.2) is 47.4 Å². The molecular weight excluding hydrogens is 1040 g/mol. The molecule has 0 spiro atoms. The fourth-order valence-electron chi connectivity index (χ4n) is 12.5. The van der Waals surface area contributed by atoms with E-state index in [1.54, 1.807) is 6.08 Å². The molecule has 6 nitrogen and oxygen atoms in total. The smallest absolute Gasteiger partial charge is 0.305 e. The maximum Gasteiger partial charge on any atom is 0.305 e. The zero-order valence-electron chi connectivity index (χ0n) is 57.9. The Morgan fingerprint density at radius 3 is 0.835 bits per heavy atom. The topological polar surface area (TPSA) is 95.9 Å². The fraction of sp³-hybridized carbons (Fsp3) is 0.924. The van der Waals surface area contributed by atoms with Crippen LogP contribution in [0.1, 0.15) is 444 Å². The number of nitrogens with one attached hydrogen (secondary N) is 1. The van der Waals surface area contributed by atoms with Crippen LogP contribution >= 0.6 is 0 Å². The van der Waals surface area contributed by atoms with Gasteiger partial charge in [0.15, 0.2) is 0 Å². The molecule has 0 rings (SSSR count). The van der Waals surface area contributed by atoms with E-state index in [-0.39, 0.29) is 18.5 Å². The Balaban J connectivity index is 3.39. The molecule has 0 aromatic rings. The van der Waals surface area contributed by atoms with E-state index in [9.17, 15) is 19.8 Å². The third kappa shape index (κ3) is 71.3. The molecule has 2 unspecified atom stereocenters. The Labute approximate surface area is 532 Å². The van der Waals surface area contributed by atoms with Crippen LogP contribution in [0.2, 0.25) is 0 Å². The fourth-order valence-corrected chi connectivity index (χ4v) is 12.5. The minimum Gasteiger partial charge on any atom is -0.466 e. The number of carbonyl (C=O) groups excluding carboxylic acids is 2. The summed E-state index contributed by atoms with van der Waals surface area (Å²) in [6.07, 6.45) is 95.8. The standard InChI is InChI=1S/C79H153NO5/c1-3-5-7-9-11-13-15-17-19-21-22-23-24-31-34-37-40-43-47-51-55-59-63-67-71-77(82)76(75-81)80-78(83)72-68-64-60-56-52-48-44-41-38-35-32-29-27-25-26-28-30-33-36-39-42-46-50-54-58-62-66-70-74-85-79(84)73-69-65-61-57-53-49-45-20-18-16-14-12-10-8-6-4-2/h25-26,67,71,76-77,81-82H,3-24,27-66,68-70,72-75H2,1-2H3,(H,80,83)/b26-25-,71-67+. The van der Waals surface area contributed by atoms with Gasteiger partial charge in [0.1, 0.15) is 0 Å². The molecule has 3 N–H and O–H groups in total.